The van der Waals surface area contributed by atoms with Crippen LogP contribution in [0.3, 0.4) is 0 Å². The number of hydrogen-bond acceptors (Lipinski definition) is 2. The Morgan fingerprint density at radius 1 is 1.38 bits per heavy atom. The standard InChI is InChI=1S/C12H18BrNO2/c1-10(2)11(3)5-6-12(10,9(16)14-4)7(13)8(11)15/h7H,5-6H2,1-4H3,(H,14,16)/t7-,11+,12-/m0/s1. The summed E-state index contributed by atoms with van der Waals surface area (Å²) in [5.41, 5.74) is -1.23. The third kappa shape index (κ3) is 0.918. The second-order valence-electron chi connectivity index (χ2n) is 5.73. The molecule has 0 heterocycles. The van der Waals surface area contributed by atoms with E-state index in [-0.39, 0.29) is 27.3 Å². The van der Waals surface area contributed by atoms with Crippen molar-refractivity contribution in [3.05, 3.63) is 0 Å². The highest BCUT2D eigenvalue weighted by Crippen LogP contribution is 2.72. The van der Waals surface area contributed by atoms with Gasteiger partial charge in [-0.2, -0.15) is 0 Å². The van der Waals surface area contributed by atoms with Gasteiger partial charge in [-0.1, -0.05) is 36.7 Å². The Bertz CT molecular complexity index is 379. The number of hydrogen-bond donors (Lipinski definition) is 1. The first-order chi connectivity index (χ1) is 7.25. The maximum Gasteiger partial charge on any atom is 0.228 e. The highest BCUT2D eigenvalue weighted by molar-refractivity contribution is 9.10. The molecule has 0 aromatic carbocycles. The third-order valence-corrected chi connectivity index (χ3v) is 6.55. The van der Waals surface area contributed by atoms with Gasteiger partial charge in [0.15, 0.2) is 5.78 Å². The van der Waals surface area contributed by atoms with Crippen LogP contribution < -0.4 is 5.32 Å². The lowest BCUT2D eigenvalue weighted by Gasteiger charge is -2.39. The lowest BCUT2D eigenvalue weighted by atomic mass is 9.64. The summed E-state index contributed by atoms with van der Waals surface area (Å²) >= 11 is 3.46. The van der Waals surface area contributed by atoms with Crippen molar-refractivity contribution in [2.24, 2.45) is 16.2 Å². The molecule has 2 rings (SSSR count). The average Bonchev–Trinajstić information content (AvgIpc) is 2.51. The van der Waals surface area contributed by atoms with Crippen LogP contribution >= 0.6 is 15.9 Å². The van der Waals surface area contributed by atoms with Crippen molar-refractivity contribution in [2.75, 3.05) is 7.05 Å². The zero-order chi connectivity index (χ0) is 12.4. The predicted octanol–water partition coefficient (Wildman–Crippen LogP) is 1.89. The van der Waals surface area contributed by atoms with Crippen LogP contribution in [0.25, 0.3) is 0 Å². The summed E-state index contributed by atoms with van der Waals surface area (Å²) in [5, 5.41) is 2.73. The molecule has 1 amide bonds. The molecule has 0 spiro atoms. The summed E-state index contributed by atoms with van der Waals surface area (Å²) < 4.78 is 0. The molecule has 2 fully saturated rings. The van der Waals surface area contributed by atoms with E-state index >= 15 is 0 Å². The fraction of sp³-hybridized carbons (Fsp3) is 0.833. The van der Waals surface area contributed by atoms with E-state index in [4.69, 9.17) is 0 Å². The van der Waals surface area contributed by atoms with Crippen LogP contribution in [0, 0.1) is 16.2 Å². The van der Waals surface area contributed by atoms with Crippen molar-refractivity contribution in [3.63, 3.8) is 0 Å². The molecule has 2 saturated carbocycles. The second-order valence-corrected chi connectivity index (χ2v) is 6.65. The van der Waals surface area contributed by atoms with Crippen molar-refractivity contribution in [1.82, 2.24) is 5.32 Å². The maximum absolute atomic E-state index is 12.3. The van der Waals surface area contributed by atoms with E-state index in [0.717, 1.165) is 12.8 Å². The molecule has 0 aliphatic heterocycles. The molecule has 90 valence electrons. The van der Waals surface area contributed by atoms with Crippen LogP contribution in [0.2, 0.25) is 0 Å². The van der Waals surface area contributed by atoms with Gasteiger partial charge in [-0.05, 0) is 18.3 Å². The Balaban J connectivity index is 2.63. The molecule has 3 nitrogen and oxygen atoms in total. The van der Waals surface area contributed by atoms with Gasteiger partial charge in [0, 0.05) is 12.5 Å². The van der Waals surface area contributed by atoms with Gasteiger partial charge in [-0.15, -0.1) is 0 Å². The topological polar surface area (TPSA) is 46.2 Å². The van der Waals surface area contributed by atoms with E-state index in [9.17, 15) is 9.59 Å². The van der Waals surface area contributed by atoms with Crippen molar-refractivity contribution < 1.29 is 9.59 Å². The number of Topliss-reactive ketones (excluding diaryl/α,β-unsaturated/α-hetero) is 1. The highest BCUT2D eigenvalue weighted by atomic mass is 79.9. The molecule has 3 atom stereocenters. The van der Waals surface area contributed by atoms with Gasteiger partial charge in [0.1, 0.15) is 0 Å². The minimum absolute atomic E-state index is 0.00560. The monoisotopic (exact) mass is 287 g/mol. The number of ketones is 1. The predicted molar refractivity (Wildman–Crippen MR) is 65.3 cm³/mol. The molecular weight excluding hydrogens is 270 g/mol. The van der Waals surface area contributed by atoms with E-state index < -0.39 is 5.41 Å². The van der Waals surface area contributed by atoms with Crippen molar-refractivity contribution in [3.8, 4) is 0 Å². The number of alkyl halides is 1. The first-order valence-corrected chi connectivity index (χ1v) is 6.58. The number of halogens is 1. The Morgan fingerprint density at radius 2 is 1.94 bits per heavy atom. The van der Waals surface area contributed by atoms with E-state index in [2.05, 4.69) is 35.1 Å². The van der Waals surface area contributed by atoms with Crippen LogP contribution in [-0.2, 0) is 9.59 Å². The summed E-state index contributed by atoms with van der Waals surface area (Å²) in [5.74, 6) is 0.182. The highest BCUT2D eigenvalue weighted by Gasteiger charge is 2.76. The summed E-state index contributed by atoms with van der Waals surface area (Å²) in [6.45, 7) is 6.10. The largest absolute Gasteiger partial charge is 0.359 e. The number of carbonyl (C=O) groups excluding carboxylic acids is 2. The number of carbonyl (C=O) groups is 2. The maximum atomic E-state index is 12.3. The van der Waals surface area contributed by atoms with Crippen LogP contribution in [0.4, 0.5) is 0 Å². The molecule has 0 unspecified atom stereocenters. The lowest BCUT2D eigenvalue weighted by molar-refractivity contribution is -0.135. The molecule has 2 aliphatic carbocycles. The molecule has 0 aromatic rings. The van der Waals surface area contributed by atoms with E-state index in [1.54, 1.807) is 7.05 Å². The molecule has 2 aliphatic rings. The SMILES string of the molecule is CNC(=O)[C@]12CC[C@](C)(C(=O)[C@@H]1Br)C2(C)C. The summed E-state index contributed by atoms with van der Waals surface area (Å²) in [4.78, 5) is 24.2. The van der Waals surface area contributed by atoms with Crippen molar-refractivity contribution in [2.45, 2.75) is 38.4 Å². The van der Waals surface area contributed by atoms with Crippen LogP contribution in [0.5, 0.6) is 0 Å². The quantitative estimate of drug-likeness (QED) is 0.749. The molecule has 0 aromatic heterocycles. The Hall–Kier alpha value is -0.380. The molecular formula is C12H18BrNO2. The normalized spacial score (nSPS) is 44.8. The first kappa shape index (κ1) is 12.1. The van der Waals surface area contributed by atoms with Crippen LogP contribution in [-0.4, -0.2) is 23.6 Å². The fourth-order valence-corrected chi connectivity index (χ4v) is 5.19. The lowest BCUT2D eigenvalue weighted by Crippen LogP contribution is -2.49. The smallest absolute Gasteiger partial charge is 0.228 e. The zero-order valence-corrected chi connectivity index (χ0v) is 11.8. The van der Waals surface area contributed by atoms with Gasteiger partial charge < -0.3 is 5.32 Å². The van der Waals surface area contributed by atoms with Gasteiger partial charge in [0.2, 0.25) is 5.91 Å². The van der Waals surface area contributed by atoms with Crippen LogP contribution in [0.15, 0.2) is 0 Å². The summed E-state index contributed by atoms with van der Waals surface area (Å²) in [6, 6.07) is 0. The van der Waals surface area contributed by atoms with E-state index in [0.29, 0.717) is 0 Å². The molecule has 0 saturated heterocycles. The van der Waals surface area contributed by atoms with E-state index in [1.807, 2.05) is 6.92 Å². The fourth-order valence-electron chi connectivity index (χ4n) is 3.68. The minimum atomic E-state index is -0.576. The number of fused-ring (bicyclic) bond motifs is 2. The molecule has 4 heteroatoms. The Labute approximate surface area is 104 Å². The Morgan fingerprint density at radius 3 is 2.31 bits per heavy atom. The minimum Gasteiger partial charge on any atom is -0.359 e. The van der Waals surface area contributed by atoms with Gasteiger partial charge >= 0.3 is 0 Å². The van der Waals surface area contributed by atoms with E-state index in [1.165, 1.54) is 0 Å². The summed E-state index contributed by atoms with van der Waals surface area (Å²) in [6.07, 6.45) is 1.60. The van der Waals surface area contributed by atoms with Crippen LogP contribution in [0.1, 0.15) is 33.6 Å². The number of rotatable bonds is 1. The first-order valence-electron chi connectivity index (χ1n) is 5.66. The van der Waals surface area contributed by atoms with Gasteiger partial charge in [0.25, 0.3) is 0 Å². The molecule has 0 radical (unpaired) electrons. The van der Waals surface area contributed by atoms with Gasteiger partial charge in [0.05, 0.1) is 10.2 Å². The van der Waals surface area contributed by atoms with Gasteiger partial charge in [-0.3, -0.25) is 9.59 Å². The van der Waals surface area contributed by atoms with Crippen molar-refractivity contribution in [1.29, 1.82) is 0 Å². The molecule has 16 heavy (non-hydrogen) atoms. The number of nitrogens with one attached hydrogen (secondary N) is 1. The zero-order valence-electron chi connectivity index (χ0n) is 10.2. The second kappa shape index (κ2) is 3.09. The summed E-state index contributed by atoms with van der Waals surface area (Å²) in [7, 11) is 1.64. The van der Waals surface area contributed by atoms with Crippen molar-refractivity contribution >= 4 is 27.6 Å². The Kier molecular flexibility index (Phi) is 2.34. The average molecular weight is 288 g/mol. The molecule has 1 N–H and O–H groups in total. The molecule has 2 bridgehead atoms. The third-order valence-electron chi connectivity index (χ3n) is 5.35. The van der Waals surface area contributed by atoms with Gasteiger partial charge in [-0.25, -0.2) is 0 Å². The number of amides is 1.